The summed E-state index contributed by atoms with van der Waals surface area (Å²) in [6, 6.07) is 18.2. The minimum Gasteiger partial charge on any atom is -0.477 e. The topological polar surface area (TPSA) is 127 Å². The quantitative estimate of drug-likeness (QED) is 0.436. The second-order valence-electron chi connectivity index (χ2n) is 8.37. The second kappa shape index (κ2) is 10.7. The lowest BCUT2D eigenvalue weighted by Crippen LogP contribution is -2.37. The number of hydrogen-bond donors (Lipinski definition) is 3. The predicted octanol–water partition coefficient (Wildman–Crippen LogP) is 3.26. The van der Waals surface area contributed by atoms with Crippen molar-refractivity contribution >= 4 is 22.3 Å². The second-order valence-corrected chi connectivity index (χ2v) is 9.92. The summed E-state index contributed by atoms with van der Waals surface area (Å²) in [5, 5.41) is 13.3. The molecule has 1 saturated heterocycles. The molecule has 2 heterocycles. The highest BCUT2D eigenvalue weighted by atomic mass is 32.2. The zero-order chi connectivity index (χ0) is 24.8. The smallest absolute Gasteiger partial charge is 0.422 e. The van der Waals surface area contributed by atoms with Crippen molar-refractivity contribution in [2.45, 2.75) is 31.8 Å². The van der Waals surface area contributed by atoms with E-state index in [-0.39, 0.29) is 18.2 Å². The Morgan fingerprint density at radius 2 is 1.60 bits per heavy atom. The van der Waals surface area contributed by atoms with Gasteiger partial charge >= 0.3 is 22.3 Å². The number of carboxylic acids is 1. The summed E-state index contributed by atoms with van der Waals surface area (Å²) in [5.41, 5.74) is 2.34. The van der Waals surface area contributed by atoms with E-state index in [1.807, 2.05) is 35.1 Å². The molecule has 1 amide bonds. The molecular formula is C25H27N3O6S. The van der Waals surface area contributed by atoms with E-state index in [9.17, 15) is 23.1 Å². The predicted molar refractivity (Wildman–Crippen MR) is 130 cm³/mol. The van der Waals surface area contributed by atoms with Crippen LogP contribution in [0, 0.1) is 0 Å². The molecule has 3 N–H and O–H groups in total. The van der Waals surface area contributed by atoms with Gasteiger partial charge in [0.15, 0.2) is 0 Å². The molecule has 0 aliphatic carbocycles. The highest BCUT2D eigenvalue weighted by Gasteiger charge is 2.33. The van der Waals surface area contributed by atoms with E-state index in [1.165, 1.54) is 6.20 Å². The number of benzene rings is 2. The third kappa shape index (κ3) is 5.90. The summed E-state index contributed by atoms with van der Waals surface area (Å²) in [6.45, 7) is 1.28. The van der Waals surface area contributed by atoms with Crippen LogP contribution in [0.3, 0.4) is 0 Å². The molecule has 1 aliphatic rings. The average Bonchev–Trinajstić information content (AvgIpc) is 3.25. The normalized spacial score (nSPS) is 14.4. The van der Waals surface area contributed by atoms with Gasteiger partial charge < -0.3 is 15.2 Å². The number of rotatable bonds is 8. The first-order valence-electron chi connectivity index (χ1n) is 11.3. The maximum Gasteiger partial charge on any atom is 0.422 e. The van der Waals surface area contributed by atoms with Gasteiger partial charge in [0.1, 0.15) is 12.3 Å². The first-order chi connectivity index (χ1) is 16.8. The van der Waals surface area contributed by atoms with Crippen molar-refractivity contribution in [1.82, 2.24) is 14.0 Å². The number of piperidine rings is 1. The van der Waals surface area contributed by atoms with E-state index in [1.54, 1.807) is 30.3 Å². The number of carboxylic acid groups (broad SMARTS) is 1. The molecular weight excluding hydrogens is 470 g/mol. The zero-order valence-electron chi connectivity index (χ0n) is 19.0. The number of aromatic nitrogens is 1. The van der Waals surface area contributed by atoms with Gasteiger partial charge in [-0.25, -0.2) is 18.3 Å². The monoisotopic (exact) mass is 497 g/mol. The fraction of sp³-hybridized carbons (Fsp3) is 0.280. The Kier molecular flexibility index (Phi) is 7.52. The Morgan fingerprint density at radius 1 is 1.00 bits per heavy atom. The van der Waals surface area contributed by atoms with E-state index < -0.39 is 22.3 Å². The van der Waals surface area contributed by atoms with Gasteiger partial charge in [-0.1, -0.05) is 60.7 Å². The van der Waals surface area contributed by atoms with Crippen LogP contribution in [0.2, 0.25) is 0 Å². The molecule has 2 aromatic carbocycles. The summed E-state index contributed by atoms with van der Waals surface area (Å²) in [4.78, 5) is 24.6. The van der Waals surface area contributed by atoms with Gasteiger partial charge in [0.2, 0.25) is 0 Å². The van der Waals surface area contributed by atoms with Crippen LogP contribution in [0.15, 0.2) is 66.9 Å². The molecule has 9 nitrogen and oxygen atoms in total. The number of nitrogens with zero attached hydrogens (tertiary/aromatic N) is 1. The first-order valence-corrected chi connectivity index (χ1v) is 12.7. The molecule has 35 heavy (non-hydrogen) atoms. The molecule has 0 unspecified atom stereocenters. The fourth-order valence-electron chi connectivity index (χ4n) is 4.38. The van der Waals surface area contributed by atoms with Gasteiger partial charge in [0.05, 0.1) is 0 Å². The van der Waals surface area contributed by atoms with Crippen molar-refractivity contribution in [3.05, 3.63) is 94.8 Å². The van der Waals surface area contributed by atoms with E-state index in [0.29, 0.717) is 53.0 Å². The van der Waals surface area contributed by atoms with Crippen LogP contribution in [0.1, 0.15) is 51.5 Å². The van der Waals surface area contributed by atoms with Gasteiger partial charge in [-0.05, 0) is 60.5 Å². The number of aromatic carboxylic acids is 1. The van der Waals surface area contributed by atoms with Crippen molar-refractivity contribution in [2.24, 2.45) is 0 Å². The summed E-state index contributed by atoms with van der Waals surface area (Å²) in [6.07, 6.45) is 1.84. The third-order valence-electron chi connectivity index (χ3n) is 5.97. The van der Waals surface area contributed by atoms with Crippen LogP contribution in [0.4, 0.5) is 4.79 Å². The highest BCUT2D eigenvalue weighted by molar-refractivity contribution is 7.88. The van der Waals surface area contributed by atoms with Gasteiger partial charge in [-0.2, -0.15) is 8.42 Å². The van der Waals surface area contributed by atoms with Gasteiger partial charge in [0.25, 0.3) is 0 Å². The molecule has 0 bridgehead atoms. The Labute approximate surface area is 203 Å². The van der Waals surface area contributed by atoms with Crippen molar-refractivity contribution in [3.63, 3.8) is 0 Å². The molecule has 1 fully saturated rings. The van der Waals surface area contributed by atoms with E-state index in [0.717, 1.165) is 5.56 Å². The minimum atomic E-state index is -4.58. The Hall–Kier alpha value is -3.63. The van der Waals surface area contributed by atoms with E-state index in [4.69, 9.17) is 4.74 Å². The molecule has 1 aromatic heterocycles. The molecule has 0 saturated carbocycles. The number of nitrogens with one attached hydrogen (secondary N) is 2. The Morgan fingerprint density at radius 3 is 2.20 bits per heavy atom. The van der Waals surface area contributed by atoms with Gasteiger partial charge in [-0.3, -0.25) is 0 Å². The summed E-state index contributed by atoms with van der Waals surface area (Å²) in [5.74, 6) is -1.50. The molecule has 0 spiro atoms. The fourth-order valence-corrected chi connectivity index (χ4v) is 5.43. The van der Waals surface area contributed by atoms with Crippen LogP contribution >= 0.6 is 0 Å². The number of hydrogen-bond acceptors (Lipinski definition) is 6. The maximum absolute atomic E-state index is 13.2. The maximum atomic E-state index is 13.2. The van der Waals surface area contributed by atoms with Gasteiger partial charge in [-0.15, -0.1) is 0 Å². The lowest BCUT2D eigenvalue weighted by Gasteiger charge is -2.24. The summed E-state index contributed by atoms with van der Waals surface area (Å²) < 4.78 is 33.9. The molecule has 0 atom stereocenters. The average molecular weight is 498 g/mol. The summed E-state index contributed by atoms with van der Waals surface area (Å²) in [7, 11) is -4.58. The standard InChI is InChI=1S/C25H27N3O6S/c29-24(30)23-22(20-11-13-26-14-12-20)21(15-18-7-3-1-4-8-18)16-28(23)35(32,33)27-25(31)34-17-19-9-5-2-6-10-19/h1-10,16,20,26H,11-15,17H2,(H,27,31)(H,29,30). The van der Waals surface area contributed by atoms with Crippen molar-refractivity contribution < 1.29 is 27.9 Å². The number of ether oxygens (including phenoxy) is 1. The first kappa shape index (κ1) is 24.5. The number of carbonyl (C=O) groups excluding carboxylic acids is 1. The summed E-state index contributed by atoms with van der Waals surface area (Å²) >= 11 is 0. The molecule has 1 aliphatic heterocycles. The van der Waals surface area contributed by atoms with E-state index >= 15 is 0 Å². The van der Waals surface area contributed by atoms with Crippen LogP contribution in [0.5, 0.6) is 0 Å². The highest BCUT2D eigenvalue weighted by Crippen LogP contribution is 2.34. The van der Waals surface area contributed by atoms with Crippen LogP contribution in [0.25, 0.3) is 0 Å². The van der Waals surface area contributed by atoms with Crippen LogP contribution < -0.4 is 10.0 Å². The molecule has 4 rings (SSSR count). The molecule has 0 radical (unpaired) electrons. The van der Waals surface area contributed by atoms with Crippen molar-refractivity contribution in [2.75, 3.05) is 13.1 Å². The van der Waals surface area contributed by atoms with Gasteiger partial charge in [0, 0.05) is 6.20 Å². The largest absolute Gasteiger partial charge is 0.477 e. The third-order valence-corrected chi connectivity index (χ3v) is 7.20. The molecule has 3 aromatic rings. The van der Waals surface area contributed by atoms with Crippen molar-refractivity contribution in [3.8, 4) is 0 Å². The van der Waals surface area contributed by atoms with Crippen molar-refractivity contribution in [1.29, 1.82) is 0 Å². The van der Waals surface area contributed by atoms with Crippen LogP contribution in [-0.4, -0.2) is 42.6 Å². The zero-order valence-corrected chi connectivity index (χ0v) is 19.8. The minimum absolute atomic E-state index is 0.123. The number of carbonyl (C=O) groups is 2. The lowest BCUT2D eigenvalue weighted by molar-refractivity contribution is 0.0686. The SMILES string of the molecule is O=C(NS(=O)(=O)n1cc(Cc2ccccc2)c(C2CCNCC2)c1C(=O)O)OCc1ccccc1. The lowest BCUT2D eigenvalue weighted by atomic mass is 9.86. The number of amides is 1. The Bertz CT molecular complexity index is 1280. The Balaban J connectivity index is 1.67. The van der Waals surface area contributed by atoms with Crippen LogP contribution in [-0.2, 0) is 28.0 Å². The molecule has 184 valence electrons. The van der Waals surface area contributed by atoms with E-state index in [2.05, 4.69) is 5.32 Å². The molecule has 10 heteroatoms.